The Bertz CT molecular complexity index is 1030. The van der Waals surface area contributed by atoms with Gasteiger partial charge in [-0.05, 0) is 55.7 Å². The minimum atomic E-state index is 0.00398. The molecule has 0 unspecified atom stereocenters. The molecule has 2 aromatic carbocycles. The van der Waals surface area contributed by atoms with Gasteiger partial charge in [-0.3, -0.25) is 9.59 Å². The van der Waals surface area contributed by atoms with Crippen molar-refractivity contribution in [3.05, 3.63) is 64.8 Å². The lowest BCUT2D eigenvalue weighted by Gasteiger charge is -2.16. The third kappa shape index (κ3) is 3.65. The maximum Gasteiger partial charge on any atom is 0.227 e. The molecule has 1 aliphatic heterocycles. The number of nitrogens with one attached hydrogen (secondary N) is 2. The predicted octanol–water partition coefficient (Wildman–Crippen LogP) is 3.77. The number of rotatable bonds is 5. The van der Waals surface area contributed by atoms with E-state index >= 15 is 0 Å². The van der Waals surface area contributed by atoms with E-state index in [1.165, 1.54) is 5.56 Å². The molecule has 5 nitrogen and oxygen atoms in total. The van der Waals surface area contributed by atoms with Gasteiger partial charge in [0.1, 0.15) is 0 Å². The van der Waals surface area contributed by atoms with E-state index in [2.05, 4.69) is 35.4 Å². The van der Waals surface area contributed by atoms with Crippen LogP contribution in [0.2, 0.25) is 0 Å². The van der Waals surface area contributed by atoms with E-state index in [1.54, 1.807) is 0 Å². The summed E-state index contributed by atoms with van der Waals surface area (Å²) in [4.78, 5) is 29.5. The number of nitrogens with zero attached hydrogens (tertiary/aromatic N) is 1. The van der Waals surface area contributed by atoms with Gasteiger partial charge in [0.15, 0.2) is 0 Å². The second kappa shape index (κ2) is 7.50. The third-order valence-corrected chi connectivity index (χ3v) is 5.42. The van der Waals surface area contributed by atoms with Gasteiger partial charge in [0.05, 0.1) is 6.42 Å². The molecule has 28 heavy (non-hydrogen) atoms. The van der Waals surface area contributed by atoms with Gasteiger partial charge in [0.2, 0.25) is 11.8 Å². The van der Waals surface area contributed by atoms with Crippen molar-refractivity contribution in [3.8, 4) is 0 Å². The largest absolute Gasteiger partial charge is 0.358 e. The summed E-state index contributed by atoms with van der Waals surface area (Å²) in [5, 5.41) is 4.13. The molecular weight excluding hydrogens is 350 g/mol. The van der Waals surface area contributed by atoms with Crippen molar-refractivity contribution < 1.29 is 9.59 Å². The second-order valence-corrected chi connectivity index (χ2v) is 7.55. The van der Waals surface area contributed by atoms with Gasteiger partial charge >= 0.3 is 0 Å². The number of hydrogen-bond donors (Lipinski definition) is 2. The molecule has 1 aliphatic rings. The Kier molecular flexibility index (Phi) is 4.90. The van der Waals surface area contributed by atoms with E-state index in [0.29, 0.717) is 19.4 Å². The number of H-pyrrole nitrogens is 1. The molecule has 2 amide bonds. The van der Waals surface area contributed by atoms with Crippen molar-refractivity contribution in [1.82, 2.24) is 10.3 Å². The maximum absolute atomic E-state index is 12.5. The van der Waals surface area contributed by atoms with Crippen LogP contribution in [0.4, 0.5) is 5.69 Å². The Hall–Kier alpha value is -3.08. The second-order valence-electron chi connectivity index (χ2n) is 7.55. The van der Waals surface area contributed by atoms with Crippen molar-refractivity contribution in [3.63, 3.8) is 0 Å². The fourth-order valence-corrected chi connectivity index (χ4v) is 3.86. The molecule has 0 saturated carbocycles. The summed E-state index contributed by atoms with van der Waals surface area (Å²) in [6.07, 6.45) is 1.91. The number of anilines is 1. The van der Waals surface area contributed by atoms with Gasteiger partial charge in [-0.1, -0.05) is 23.8 Å². The van der Waals surface area contributed by atoms with Gasteiger partial charge in [-0.25, -0.2) is 0 Å². The highest BCUT2D eigenvalue weighted by Gasteiger charge is 2.21. The molecule has 1 fully saturated rings. The smallest absolute Gasteiger partial charge is 0.227 e. The number of fused-ring (bicyclic) bond motifs is 1. The van der Waals surface area contributed by atoms with Crippen LogP contribution in [0.3, 0.4) is 0 Å². The Morgan fingerprint density at radius 2 is 1.93 bits per heavy atom. The summed E-state index contributed by atoms with van der Waals surface area (Å²) < 4.78 is 0. The van der Waals surface area contributed by atoms with E-state index in [4.69, 9.17) is 0 Å². The number of hydrogen-bond acceptors (Lipinski definition) is 2. The number of benzene rings is 2. The fraction of sp³-hybridized carbons (Fsp3) is 0.304. The molecule has 0 bridgehead atoms. The molecule has 5 heteroatoms. The molecule has 3 aromatic rings. The average molecular weight is 375 g/mol. The molecule has 0 radical (unpaired) electrons. The molecule has 4 rings (SSSR count). The van der Waals surface area contributed by atoms with Crippen LogP contribution in [0.5, 0.6) is 0 Å². The summed E-state index contributed by atoms with van der Waals surface area (Å²) in [5.41, 5.74) is 6.30. The molecule has 2 heterocycles. The van der Waals surface area contributed by atoms with E-state index in [-0.39, 0.29) is 11.8 Å². The molecule has 0 spiro atoms. The standard InChI is InChI=1S/C23H25N3O2/c1-15-5-10-21-20(12-15)19(16(2)25-21)13-22(27)24-14-17-6-8-18(9-7-17)26-11-3-4-23(26)28/h5-10,12,25H,3-4,11,13-14H2,1-2H3,(H,24,27). The van der Waals surface area contributed by atoms with Crippen LogP contribution < -0.4 is 10.2 Å². The van der Waals surface area contributed by atoms with Crippen molar-refractivity contribution in [2.75, 3.05) is 11.4 Å². The Morgan fingerprint density at radius 1 is 1.14 bits per heavy atom. The van der Waals surface area contributed by atoms with Crippen molar-refractivity contribution in [2.45, 2.75) is 39.7 Å². The van der Waals surface area contributed by atoms with Gasteiger partial charge < -0.3 is 15.2 Å². The lowest BCUT2D eigenvalue weighted by atomic mass is 10.1. The predicted molar refractivity (Wildman–Crippen MR) is 111 cm³/mol. The van der Waals surface area contributed by atoms with E-state index < -0.39 is 0 Å². The van der Waals surface area contributed by atoms with Crippen LogP contribution in [0.1, 0.15) is 35.2 Å². The first-order valence-corrected chi connectivity index (χ1v) is 9.75. The SMILES string of the molecule is Cc1ccc2[nH]c(C)c(CC(=O)NCc3ccc(N4CCCC4=O)cc3)c2c1. The summed E-state index contributed by atoms with van der Waals surface area (Å²) in [7, 11) is 0. The quantitative estimate of drug-likeness (QED) is 0.713. The fourth-order valence-electron chi connectivity index (χ4n) is 3.86. The van der Waals surface area contributed by atoms with E-state index in [1.807, 2.05) is 36.1 Å². The Morgan fingerprint density at radius 3 is 2.64 bits per heavy atom. The third-order valence-electron chi connectivity index (χ3n) is 5.42. The molecule has 1 aromatic heterocycles. The molecule has 144 valence electrons. The zero-order valence-electron chi connectivity index (χ0n) is 16.3. The van der Waals surface area contributed by atoms with E-state index in [9.17, 15) is 9.59 Å². The summed E-state index contributed by atoms with van der Waals surface area (Å²) in [5.74, 6) is 0.190. The number of amides is 2. The zero-order valence-corrected chi connectivity index (χ0v) is 16.3. The van der Waals surface area contributed by atoms with Gasteiger partial charge in [0, 0.05) is 41.8 Å². The number of carbonyl (C=O) groups is 2. The van der Waals surface area contributed by atoms with Crippen molar-refractivity contribution in [1.29, 1.82) is 0 Å². The van der Waals surface area contributed by atoms with Gasteiger partial charge in [0.25, 0.3) is 0 Å². The summed E-state index contributed by atoms with van der Waals surface area (Å²) in [6, 6.07) is 14.1. The van der Waals surface area contributed by atoms with Gasteiger partial charge in [-0.15, -0.1) is 0 Å². The molecule has 2 N–H and O–H groups in total. The first-order valence-electron chi connectivity index (χ1n) is 9.75. The minimum Gasteiger partial charge on any atom is -0.358 e. The number of aryl methyl sites for hydroxylation is 2. The van der Waals surface area contributed by atoms with Crippen molar-refractivity contribution in [2.24, 2.45) is 0 Å². The Labute approximate surface area is 164 Å². The number of carbonyl (C=O) groups excluding carboxylic acids is 2. The normalized spacial score (nSPS) is 14.1. The number of aromatic amines is 1. The molecular formula is C23H25N3O2. The summed E-state index contributed by atoms with van der Waals surface area (Å²) >= 11 is 0. The van der Waals surface area contributed by atoms with Crippen molar-refractivity contribution >= 4 is 28.4 Å². The summed E-state index contributed by atoms with van der Waals surface area (Å²) in [6.45, 7) is 5.34. The van der Waals surface area contributed by atoms with Crippen LogP contribution in [-0.2, 0) is 22.6 Å². The zero-order chi connectivity index (χ0) is 19.7. The first kappa shape index (κ1) is 18.3. The minimum absolute atomic E-state index is 0.00398. The first-order chi connectivity index (χ1) is 13.5. The van der Waals surface area contributed by atoms with Crippen LogP contribution in [-0.4, -0.2) is 23.3 Å². The molecule has 1 saturated heterocycles. The molecule has 0 aliphatic carbocycles. The van der Waals surface area contributed by atoms with Gasteiger partial charge in [-0.2, -0.15) is 0 Å². The lowest BCUT2D eigenvalue weighted by molar-refractivity contribution is -0.120. The average Bonchev–Trinajstić information content (AvgIpc) is 3.24. The van der Waals surface area contributed by atoms with Crippen LogP contribution in [0.15, 0.2) is 42.5 Å². The highest BCUT2D eigenvalue weighted by Crippen LogP contribution is 2.24. The van der Waals surface area contributed by atoms with Crippen LogP contribution >= 0.6 is 0 Å². The lowest BCUT2D eigenvalue weighted by Crippen LogP contribution is -2.25. The highest BCUT2D eigenvalue weighted by molar-refractivity contribution is 5.95. The van der Waals surface area contributed by atoms with Crippen LogP contribution in [0.25, 0.3) is 10.9 Å². The number of aromatic nitrogens is 1. The molecule has 0 atom stereocenters. The topological polar surface area (TPSA) is 65.2 Å². The maximum atomic E-state index is 12.5. The highest BCUT2D eigenvalue weighted by atomic mass is 16.2. The Balaban J connectivity index is 1.39. The monoisotopic (exact) mass is 375 g/mol. The van der Waals surface area contributed by atoms with Crippen LogP contribution in [0, 0.1) is 13.8 Å². The van der Waals surface area contributed by atoms with E-state index in [0.717, 1.165) is 46.4 Å².